The van der Waals surface area contributed by atoms with Crippen LogP contribution in [0, 0.1) is 0 Å². The van der Waals surface area contributed by atoms with Crippen molar-refractivity contribution in [3.63, 3.8) is 0 Å². The number of carbonyl (C=O) groups excluding carboxylic acids is 1. The maximum atomic E-state index is 10.7. The lowest BCUT2D eigenvalue weighted by Gasteiger charge is -2.35. The Labute approximate surface area is 237 Å². The van der Waals surface area contributed by atoms with Gasteiger partial charge in [0.15, 0.2) is 5.78 Å². The first-order chi connectivity index (χ1) is 18.9. The number of Topliss-reactive ketones (excluding diaryl/α,β-unsaturated/α-hetero) is 1. The van der Waals surface area contributed by atoms with Crippen molar-refractivity contribution in [2.75, 3.05) is 20.3 Å². The van der Waals surface area contributed by atoms with E-state index in [1.807, 2.05) is 40.7 Å². The predicted molar refractivity (Wildman–Crippen MR) is 167 cm³/mol. The van der Waals surface area contributed by atoms with Gasteiger partial charge in [-0.15, -0.1) is 0 Å². The number of carbonyl (C=O) groups is 1. The first kappa shape index (κ1) is 36.3. The molecule has 1 fully saturated rings. The summed E-state index contributed by atoms with van der Waals surface area (Å²) in [6.45, 7) is 21.5. The number of benzene rings is 2. The maximum Gasteiger partial charge on any atom is 0.180 e. The summed E-state index contributed by atoms with van der Waals surface area (Å²) in [6, 6.07) is 17.2. The summed E-state index contributed by atoms with van der Waals surface area (Å²) in [5.74, 6) is 6.13. The molecule has 1 aliphatic rings. The molecule has 1 saturated heterocycles. The van der Waals surface area contributed by atoms with E-state index >= 15 is 0 Å². The summed E-state index contributed by atoms with van der Waals surface area (Å²) in [5.41, 5.74) is 14.3. The highest BCUT2D eigenvalue weighted by Crippen LogP contribution is 2.29. The molecular formula is C31H53N7O. The molecule has 39 heavy (non-hydrogen) atoms. The number of nitrogens with one attached hydrogen (secondary N) is 3. The van der Waals surface area contributed by atoms with Gasteiger partial charge in [0, 0.05) is 13.0 Å². The molecule has 0 spiro atoms. The van der Waals surface area contributed by atoms with Gasteiger partial charge in [0.25, 0.3) is 0 Å². The third-order valence-corrected chi connectivity index (χ3v) is 5.75. The molecule has 0 aliphatic carbocycles. The van der Waals surface area contributed by atoms with Crippen molar-refractivity contribution >= 4 is 12.5 Å². The second-order valence-electron chi connectivity index (χ2n) is 8.67. The molecular weight excluding hydrogens is 486 g/mol. The minimum Gasteiger partial charge on any atom is -0.302 e. The van der Waals surface area contributed by atoms with Gasteiger partial charge in [0.2, 0.25) is 0 Å². The van der Waals surface area contributed by atoms with E-state index in [2.05, 4.69) is 96.0 Å². The number of hydrogen-bond acceptors (Lipinski definition) is 8. The molecule has 1 aliphatic heterocycles. The molecule has 1 atom stereocenters. The molecule has 1 unspecified atom stereocenters. The molecule has 8 heteroatoms. The van der Waals surface area contributed by atoms with Gasteiger partial charge in [0.1, 0.15) is 6.17 Å². The number of unbranched alkanes of at least 4 members (excludes halogenated alkanes) is 1. The van der Waals surface area contributed by atoms with Gasteiger partial charge >= 0.3 is 0 Å². The van der Waals surface area contributed by atoms with Gasteiger partial charge in [-0.2, -0.15) is 5.53 Å². The fourth-order valence-corrected chi connectivity index (χ4v) is 3.75. The lowest BCUT2D eigenvalue weighted by molar-refractivity contribution is -0.115. The Morgan fingerprint density at radius 1 is 1.08 bits per heavy atom. The SMILES string of the molecule is C=NC(=C)C(=O)CCC.CC.CC.CCCCN(C)Cc1ccc(-c2ccccc2C2NNNCN2N)cc1. The van der Waals surface area contributed by atoms with Crippen LogP contribution in [0.1, 0.15) is 84.5 Å². The molecule has 2 aromatic carbocycles. The van der Waals surface area contributed by atoms with E-state index in [1.54, 1.807) is 5.01 Å². The van der Waals surface area contributed by atoms with Gasteiger partial charge < -0.3 is 4.90 Å². The third kappa shape index (κ3) is 13.3. The van der Waals surface area contributed by atoms with Gasteiger partial charge in [0.05, 0.1) is 12.4 Å². The normalized spacial score (nSPS) is 14.5. The molecule has 2 aromatic rings. The average molecular weight is 540 g/mol. The predicted octanol–water partition coefficient (Wildman–Crippen LogP) is 5.95. The van der Waals surface area contributed by atoms with Crippen LogP contribution in [0.2, 0.25) is 0 Å². The summed E-state index contributed by atoms with van der Waals surface area (Å²) in [5, 5.41) is 1.74. The fourth-order valence-electron chi connectivity index (χ4n) is 3.75. The number of ketones is 1. The summed E-state index contributed by atoms with van der Waals surface area (Å²) < 4.78 is 0. The van der Waals surface area contributed by atoms with Gasteiger partial charge in [-0.3, -0.25) is 15.6 Å². The largest absolute Gasteiger partial charge is 0.302 e. The zero-order valence-corrected chi connectivity index (χ0v) is 25.4. The highest BCUT2D eigenvalue weighted by molar-refractivity contribution is 5.94. The zero-order valence-electron chi connectivity index (χ0n) is 25.4. The van der Waals surface area contributed by atoms with Crippen LogP contribution in [-0.4, -0.2) is 42.7 Å². The highest BCUT2D eigenvalue weighted by Gasteiger charge is 2.23. The summed E-state index contributed by atoms with van der Waals surface area (Å²) in [6.07, 6.45) is 3.75. The number of allylic oxidation sites excluding steroid dienone is 1. The fraction of sp³-hybridized carbons (Fsp3) is 0.484. The molecule has 0 saturated carbocycles. The van der Waals surface area contributed by atoms with Crippen LogP contribution >= 0.6 is 0 Å². The molecule has 218 valence electrons. The Balaban J connectivity index is 0.000000940. The van der Waals surface area contributed by atoms with Crippen LogP contribution in [0.5, 0.6) is 0 Å². The number of hydrazine groups is 3. The number of nitrogens with zero attached hydrogens (tertiary/aromatic N) is 3. The summed E-state index contributed by atoms with van der Waals surface area (Å²) in [4.78, 5) is 16.5. The molecule has 8 nitrogen and oxygen atoms in total. The average Bonchev–Trinajstić information content (AvgIpc) is 2.99. The van der Waals surface area contributed by atoms with Crippen molar-refractivity contribution in [1.29, 1.82) is 0 Å². The molecule has 1 heterocycles. The first-order valence-electron chi connectivity index (χ1n) is 14.2. The quantitative estimate of drug-likeness (QED) is 0.159. The third-order valence-electron chi connectivity index (χ3n) is 5.75. The molecule has 0 radical (unpaired) electrons. The van der Waals surface area contributed by atoms with Crippen LogP contribution in [0.15, 0.2) is 65.8 Å². The van der Waals surface area contributed by atoms with Crippen molar-refractivity contribution < 1.29 is 4.79 Å². The van der Waals surface area contributed by atoms with Crippen molar-refractivity contribution in [2.45, 2.75) is 79.9 Å². The van der Waals surface area contributed by atoms with Crippen LogP contribution in [0.25, 0.3) is 11.1 Å². The minimum absolute atomic E-state index is 0.00694. The lowest BCUT2D eigenvalue weighted by atomic mass is 9.97. The second-order valence-corrected chi connectivity index (χ2v) is 8.67. The van der Waals surface area contributed by atoms with E-state index in [0.717, 1.165) is 25.1 Å². The number of rotatable bonds is 11. The molecule has 0 amide bonds. The van der Waals surface area contributed by atoms with E-state index in [-0.39, 0.29) is 17.6 Å². The number of hydrogen-bond donors (Lipinski definition) is 4. The van der Waals surface area contributed by atoms with Gasteiger partial charge in [-0.25, -0.2) is 15.9 Å². The number of nitrogens with two attached hydrogens (primary N) is 1. The summed E-state index contributed by atoms with van der Waals surface area (Å²) in [7, 11) is 2.19. The Morgan fingerprint density at radius 2 is 1.72 bits per heavy atom. The Kier molecular flexibility index (Phi) is 20.6. The Morgan fingerprint density at radius 3 is 2.28 bits per heavy atom. The van der Waals surface area contributed by atoms with Gasteiger partial charge in [-0.1, -0.05) is 103 Å². The topological polar surface area (TPSA) is 98.0 Å². The van der Waals surface area contributed by atoms with Crippen molar-refractivity contribution in [3.8, 4) is 11.1 Å². The smallest absolute Gasteiger partial charge is 0.180 e. The van der Waals surface area contributed by atoms with Crippen molar-refractivity contribution in [3.05, 3.63) is 71.9 Å². The van der Waals surface area contributed by atoms with Gasteiger partial charge in [-0.05, 0) is 55.4 Å². The first-order valence-corrected chi connectivity index (χ1v) is 14.2. The van der Waals surface area contributed by atoms with Crippen molar-refractivity contribution in [2.24, 2.45) is 10.8 Å². The lowest BCUT2D eigenvalue weighted by Crippen LogP contribution is -2.62. The Bertz CT molecular complexity index is 946. The van der Waals surface area contributed by atoms with E-state index in [1.165, 1.54) is 29.5 Å². The van der Waals surface area contributed by atoms with Crippen LogP contribution in [-0.2, 0) is 11.3 Å². The monoisotopic (exact) mass is 539 g/mol. The number of aliphatic imine (C=N–C) groups is 1. The molecule has 0 bridgehead atoms. The van der Waals surface area contributed by atoms with E-state index < -0.39 is 0 Å². The minimum atomic E-state index is -0.0905. The highest BCUT2D eigenvalue weighted by atomic mass is 16.1. The Hall–Kier alpha value is -2.72. The van der Waals surface area contributed by atoms with E-state index in [0.29, 0.717) is 13.1 Å². The maximum absolute atomic E-state index is 10.7. The van der Waals surface area contributed by atoms with Crippen LogP contribution in [0.3, 0.4) is 0 Å². The molecule has 3 rings (SSSR count). The van der Waals surface area contributed by atoms with Crippen LogP contribution in [0.4, 0.5) is 0 Å². The van der Waals surface area contributed by atoms with E-state index in [4.69, 9.17) is 5.84 Å². The standard InChI is InChI=1S/C20H30N6.C7H11NO.2C2H6/c1-3-4-13-25(2)14-16-9-11-17(12-10-16)18-7-5-6-8-19(18)20-23-24-22-15-26(20)21;1-4-5-7(9)6(2)8-3;2*1-2/h5-12,20,22-24H,3-4,13-15,21H2,1-2H3;2-5H2,1H3;2*1-2H3. The second kappa shape index (κ2) is 22.1. The zero-order chi connectivity index (χ0) is 29.6. The van der Waals surface area contributed by atoms with Crippen molar-refractivity contribution in [1.82, 2.24) is 26.3 Å². The summed E-state index contributed by atoms with van der Waals surface area (Å²) >= 11 is 0. The van der Waals surface area contributed by atoms with E-state index in [9.17, 15) is 4.79 Å². The van der Waals surface area contributed by atoms with Crippen LogP contribution < -0.4 is 22.2 Å². The molecule has 5 N–H and O–H groups in total. The molecule has 0 aromatic heterocycles.